The lowest BCUT2D eigenvalue weighted by atomic mass is 9.81. The number of aliphatic carboxylic acids is 1. The van der Waals surface area contributed by atoms with Gasteiger partial charge >= 0.3 is 5.97 Å². The van der Waals surface area contributed by atoms with E-state index >= 15 is 0 Å². The van der Waals surface area contributed by atoms with Crippen LogP contribution < -0.4 is 24.7 Å². The Morgan fingerprint density at radius 2 is 1.45 bits per heavy atom. The molecule has 0 heterocycles. The molecule has 3 unspecified atom stereocenters. The zero-order valence-corrected chi connectivity index (χ0v) is 18.6. The molecule has 0 radical (unpaired) electrons. The van der Waals surface area contributed by atoms with Crippen LogP contribution in [0.15, 0.2) is 6.07 Å². The first-order chi connectivity index (χ1) is 13.9. The number of carboxylic acid groups (broad SMARTS) is 1. The van der Waals surface area contributed by atoms with Gasteiger partial charge in [0.05, 0.1) is 26.4 Å². The lowest BCUT2D eigenvalue weighted by molar-refractivity contribution is -0.139. The summed E-state index contributed by atoms with van der Waals surface area (Å²) in [6, 6.07) is 1.03. The standard InChI is InChI=1S/C22H37NO6/c1-7-15(12-17(23)22(24)25)14(6)16-13-18(26-8-2)20(28-10-4)21(29-11-5)19(16)27-9-3/h13-15,17H,7-12,23H2,1-6H3,(H,24,25). The average molecular weight is 412 g/mol. The van der Waals surface area contributed by atoms with Crippen LogP contribution in [0.25, 0.3) is 0 Å². The van der Waals surface area contributed by atoms with Gasteiger partial charge in [0.15, 0.2) is 11.5 Å². The van der Waals surface area contributed by atoms with Crippen LogP contribution in [0.3, 0.4) is 0 Å². The Morgan fingerprint density at radius 1 is 0.931 bits per heavy atom. The summed E-state index contributed by atoms with van der Waals surface area (Å²) in [5.41, 5.74) is 6.73. The summed E-state index contributed by atoms with van der Waals surface area (Å²) in [5.74, 6) is 1.34. The maximum Gasteiger partial charge on any atom is 0.320 e. The van der Waals surface area contributed by atoms with Gasteiger partial charge in [-0.15, -0.1) is 0 Å². The molecule has 7 heteroatoms. The zero-order valence-electron chi connectivity index (χ0n) is 18.6. The van der Waals surface area contributed by atoms with Gasteiger partial charge in [0.1, 0.15) is 6.04 Å². The predicted octanol–water partition coefficient (Wildman–Crippen LogP) is 4.21. The van der Waals surface area contributed by atoms with Crippen LogP contribution in [0.5, 0.6) is 23.0 Å². The van der Waals surface area contributed by atoms with Crippen molar-refractivity contribution in [3.8, 4) is 23.0 Å². The highest BCUT2D eigenvalue weighted by atomic mass is 16.6. The minimum atomic E-state index is -0.989. The van der Waals surface area contributed by atoms with Crippen molar-refractivity contribution >= 4 is 5.97 Å². The number of hydrogen-bond acceptors (Lipinski definition) is 6. The summed E-state index contributed by atoms with van der Waals surface area (Å²) >= 11 is 0. The normalized spacial score (nSPS) is 14.0. The van der Waals surface area contributed by atoms with E-state index in [1.165, 1.54) is 0 Å². The highest BCUT2D eigenvalue weighted by Crippen LogP contribution is 2.51. The molecule has 0 fully saturated rings. The fraction of sp³-hybridized carbons (Fsp3) is 0.682. The van der Waals surface area contributed by atoms with Crippen LogP contribution in [-0.4, -0.2) is 43.5 Å². The highest BCUT2D eigenvalue weighted by molar-refractivity contribution is 5.73. The Labute approximate surface area is 174 Å². The molecule has 0 amide bonds. The van der Waals surface area contributed by atoms with Gasteiger partial charge < -0.3 is 29.8 Å². The van der Waals surface area contributed by atoms with Crippen LogP contribution >= 0.6 is 0 Å². The number of carbonyl (C=O) groups is 1. The van der Waals surface area contributed by atoms with E-state index in [-0.39, 0.29) is 11.8 Å². The number of carboxylic acids is 1. The first kappa shape index (κ1) is 24.9. The molecule has 1 rings (SSSR count). The molecule has 166 valence electrons. The van der Waals surface area contributed by atoms with Crippen LogP contribution in [0.2, 0.25) is 0 Å². The second kappa shape index (κ2) is 12.4. The Hall–Kier alpha value is -2.15. The van der Waals surface area contributed by atoms with Gasteiger partial charge in [-0.3, -0.25) is 4.79 Å². The largest absolute Gasteiger partial charge is 0.490 e. The summed E-state index contributed by atoms with van der Waals surface area (Å²) < 4.78 is 23.6. The molecule has 0 spiro atoms. The molecule has 3 N–H and O–H groups in total. The second-order valence-electron chi connectivity index (χ2n) is 6.82. The lowest BCUT2D eigenvalue weighted by Gasteiger charge is -2.28. The van der Waals surface area contributed by atoms with E-state index < -0.39 is 12.0 Å². The van der Waals surface area contributed by atoms with E-state index in [9.17, 15) is 9.90 Å². The summed E-state index contributed by atoms with van der Waals surface area (Å²) in [6.45, 7) is 13.6. The highest BCUT2D eigenvalue weighted by Gasteiger charge is 2.30. The quantitative estimate of drug-likeness (QED) is 0.473. The van der Waals surface area contributed by atoms with E-state index in [0.29, 0.717) is 55.8 Å². The van der Waals surface area contributed by atoms with Gasteiger partial charge in [-0.1, -0.05) is 20.3 Å². The molecule has 7 nitrogen and oxygen atoms in total. The molecule has 0 aromatic heterocycles. The van der Waals surface area contributed by atoms with Crippen LogP contribution in [0.4, 0.5) is 0 Å². The minimum Gasteiger partial charge on any atom is -0.490 e. The fourth-order valence-corrected chi connectivity index (χ4v) is 3.47. The Balaban J connectivity index is 3.57. The van der Waals surface area contributed by atoms with Crippen molar-refractivity contribution in [2.75, 3.05) is 26.4 Å². The monoisotopic (exact) mass is 411 g/mol. The molecule has 1 aromatic rings. The summed E-state index contributed by atoms with van der Waals surface area (Å²) in [6.07, 6.45) is 1.16. The zero-order chi connectivity index (χ0) is 22.0. The third-order valence-corrected chi connectivity index (χ3v) is 4.95. The number of ether oxygens (including phenoxy) is 4. The van der Waals surface area contributed by atoms with Gasteiger partial charge in [-0.2, -0.15) is 0 Å². The first-order valence-electron chi connectivity index (χ1n) is 10.6. The van der Waals surface area contributed by atoms with Crippen molar-refractivity contribution in [1.82, 2.24) is 0 Å². The van der Waals surface area contributed by atoms with Crippen LogP contribution in [0, 0.1) is 5.92 Å². The fourth-order valence-electron chi connectivity index (χ4n) is 3.47. The molecule has 3 atom stereocenters. The number of hydrogen-bond donors (Lipinski definition) is 2. The van der Waals surface area contributed by atoms with Crippen molar-refractivity contribution in [3.63, 3.8) is 0 Å². The van der Waals surface area contributed by atoms with E-state index in [1.54, 1.807) is 0 Å². The van der Waals surface area contributed by atoms with Crippen molar-refractivity contribution in [3.05, 3.63) is 11.6 Å². The topological polar surface area (TPSA) is 100 Å². The number of nitrogens with two attached hydrogens (primary N) is 1. The van der Waals surface area contributed by atoms with Crippen molar-refractivity contribution in [2.45, 2.75) is 66.3 Å². The molecule has 29 heavy (non-hydrogen) atoms. The molecular formula is C22H37NO6. The van der Waals surface area contributed by atoms with Gasteiger partial charge in [0, 0.05) is 5.56 Å². The maximum atomic E-state index is 11.3. The van der Waals surface area contributed by atoms with Gasteiger partial charge in [-0.05, 0) is 52.0 Å². The van der Waals surface area contributed by atoms with Crippen molar-refractivity contribution in [2.24, 2.45) is 11.7 Å². The Morgan fingerprint density at radius 3 is 1.93 bits per heavy atom. The SMILES string of the molecule is CCOc1cc(C(C)C(CC)CC(N)C(=O)O)c(OCC)c(OCC)c1OCC. The van der Waals surface area contributed by atoms with Crippen molar-refractivity contribution < 1.29 is 28.8 Å². The molecule has 0 aliphatic heterocycles. The number of rotatable bonds is 14. The molecule has 0 aliphatic rings. The van der Waals surface area contributed by atoms with Gasteiger partial charge in [0.25, 0.3) is 0 Å². The Kier molecular flexibility index (Phi) is 10.7. The maximum absolute atomic E-state index is 11.3. The van der Waals surface area contributed by atoms with Gasteiger partial charge in [-0.25, -0.2) is 0 Å². The second-order valence-corrected chi connectivity index (χ2v) is 6.82. The predicted molar refractivity (Wildman–Crippen MR) is 114 cm³/mol. The smallest absolute Gasteiger partial charge is 0.320 e. The van der Waals surface area contributed by atoms with Gasteiger partial charge in [0.2, 0.25) is 11.5 Å². The third kappa shape index (κ3) is 6.42. The molecule has 0 saturated heterocycles. The Bertz CT molecular complexity index is 649. The average Bonchev–Trinajstić information content (AvgIpc) is 2.69. The van der Waals surface area contributed by atoms with E-state index in [0.717, 1.165) is 12.0 Å². The summed E-state index contributed by atoms with van der Waals surface area (Å²) in [5, 5.41) is 9.23. The van der Waals surface area contributed by atoms with E-state index in [1.807, 2.05) is 40.7 Å². The molecule has 0 bridgehead atoms. The molecule has 1 aromatic carbocycles. The number of benzene rings is 1. The molecule has 0 saturated carbocycles. The first-order valence-corrected chi connectivity index (χ1v) is 10.6. The molecular weight excluding hydrogens is 374 g/mol. The van der Waals surface area contributed by atoms with E-state index in [4.69, 9.17) is 24.7 Å². The van der Waals surface area contributed by atoms with Crippen LogP contribution in [0.1, 0.15) is 65.9 Å². The molecule has 0 aliphatic carbocycles. The summed E-state index contributed by atoms with van der Waals surface area (Å²) in [7, 11) is 0. The summed E-state index contributed by atoms with van der Waals surface area (Å²) in [4.78, 5) is 11.3. The van der Waals surface area contributed by atoms with Crippen LogP contribution in [-0.2, 0) is 4.79 Å². The lowest BCUT2D eigenvalue weighted by Crippen LogP contribution is -2.33. The van der Waals surface area contributed by atoms with E-state index in [2.05, 4.69) is 6.92 Å². The minimum absolute atomic E-state index is 0.0129. The third-order valence-electron chi connectivity index (χ3n) is 4.95. The van der Waals surface area contributed by atoms with Crippen molar-refractivity contribution in [1.29, 1.82) is 0 Å².